The molecule has 4 amide bonds. The van der Waals surface area contributed by atoms with Crippen LogP contribution < -0.4 is 42.5 Å². The van der Waals surface area contributed by atoms with Crippen LogP contribution in [0.15, 0.2) is 103 Å². The fraction of sp³-hybridized carbons (Fsp3) is 0.642. The lowest BCUT2D eigenvalue weighted by molar-refractivity contribution is -0.122. The molecular weight excluding hydrogens is 1020 g/mol. The predicted octanol–water partition coefficient (Wildman–Crippen LogP) is 12.6. The summed E-state index contributed by atoms with van der Waals surface area (Å²) < 4.78 is 0. The lowest BCUT2D eigenvalue weighted by Crippen LogP contribution is -2.35. The van der Waals surface area contributed by atoms with E-state index in [9.17, 15) is 19.2 Å². The van der Waals surface area contributed by atoms with E-state index in [0.717, 1.165) is 89.7 Å². The molecule has 3 fully saturated rings. The van der Waals surface area contributed by atoms with Crippen molar-refractivity contribution in [1.82, 2.24) is 31.5 Å². The summed E-state index contributed by atoms with van der Waals surface area (Å²) >= 11 is 2.11. The molecule has 0 radical (unpaired) electrons. The van der Waals surface area contributed by atoms with Crippen LogP contribution in [0.25, 0.3) is 0 Å². The maximum atomic E-state index is 12.8. The van der Waals surface area contributed by atoms with Gasteiger partial charge in [0.05, 0.1) is 12.6 Å². The minimum absolute atomic E-state index is 0.0595. The van der Waals surface area contributed by atoms with E-state index in [0.29, 0.717) is 46.8 Å². The van der Waals surface area contributed by atoms with Crippen LogP contribution in [0.2, 0.25) is 0 Å². The number of unbranched alkanes of at least 4 members (excludes halogenated alkanes) is 1. The number of amides is 4. The first-order valence-corrected chi connectivity index (χ1v) is 33.1. The van der Waals surface area contributed by atoms with E-state index >= 15 is 0 Å². The third kappa shape index (κ3) is 29.9. The van der Waals surface area contributed by atoms with E-state index in [1.165, 1.54) is 66.1 Å². The largest absolute Gasteiger partial charge is 0.385 e. The molecule has 3 aliphatic rings. The number of fused-ring (bicyclic) bond motifs is 1. The second-order valence-electron chi connectivity index (χ2n) is 27.1. The molecule has 10 nitrogen and oxygen atoms in total. The third-order valence-corrected chi connectivity index (χ3v) is 20.7. The number of hydrogen-bond donors (Lipinski definition) is 5. The molecule has 0 aliphatic carbocycles. The van der Waals surface area contributed by atoms with Crippen molar-refractivity contribution in [2.24, 2.45) is 27.6 Å². The second-order valence-corrected chi connectivity index (χ2v) is 32.0. The van der Waals surface area contributed by atoms with Crippen LogP contribution >= 0.6 is 19.0 Å². The molecule has 1 unspecified atom stereocenters. The van der Waals surface area contributed by atoms with E-state index in [2.05, 4.69) is 224 Å². The molecule has 0 spiro atoms. The van der Waals surface area contributed by atoms with Gasteiger partial charge in [-0.25, -0.2) is 0 Å². The van der Waals surface area contributed by atoms with Gasteiger partial charge in [-0.3, -0.25) is 19.2 Å². The Kier molecular flexibility index (Phi) is 30.6. The van der Waals surface area contributed by atoms with Crippen molar-refractivity contribution in [3.05, 3.63) is 103 Å². The first-order chi connectivity index (χ1) is 37.2. The van der Waals surface area contributed by atoms with Crippen molar-refractivity contribution in [2.75, 3.05) is 57.7 Å². The maximum absolute atomic E-state index is 12.8. The molecular formula is C67H110N6O4PS+. The summed E-state index contributed by atoms with van der Waals surface area (Å²) in [6, 6.07) is 32.9. The Labute approximate surface area is 486 Å². The molecule has 3 aromatic rings. The number of hydrogen-bond acceptors (Lipinski definition) is 7. The van der Waals surface area contributed by atoms with Crippen molar-refractivity contribution in [2.45, 2.75) is 191 Å². The van der Waals surface area contributed by atoms with Gasteiger partial charge in [-0.05, 0) is 141 Å². The van der Waals surface area contributed by atoms with Crippen molar-refractivity contribution in [3.8, 4) is 0 Å². The predicted molar refractivity (Wildman–Crippen MR) is 342 cm³/mol. The quantitative estimate of drug-likeness (QED) is 0.0500. The van der Waals surface area contributed by atoms with Gasteiger partial charge in [0.25, 0.3) is 0 Å². The highest BCUT2D eigenvalue weighted by Crippen LogP contribution is 2.55. The zero-order valence-electron chi connectivity index (χ0n) is 51.8. The standard InChI is InChI=1S/C27H32NOP.C18H32N2OS.C14H28N2O.C8H17NO/c1-27(2,3)20-21-28-26(29)19-22-30(23-13-7-4-8-14-23,24-15-9-5-10-16-24)25-17-11-6-12-18-25;1-13-11-14-12-22-15(17(14)20-13)7-5-6-8-16(21)19-10-9-18(2,3)4;1-14(2,3)8-9-15-13(17)7-12-16-10-5-4-6-11-16;1-7(10)9-6-5-8(2,3)4/h4-18H,19-22H2,1-3H3;14-15,17,20H,1,5-12H2,2-4H3,(H,19,21);4-12H2,1-3H3,(H,15,17);5-6H2,1-4H3,(H,9,10)/p+1/t;14-,15?,17-;;/m.0../s1. The highest BCUT2D eigenvalue weighted by molar-refractivity contribution is 8.00. The van der Waals surface area contributed by atoms with Gasteiger partial charge in [0.15, 0.2) is 0 Å². The van der Waals surface area contributed by atoms with Gasteiger partial charge in [0, 0.05) is 69.5 Å². The summed E-state index contributed by atoms with van der Waals surface area (Å²) in [7, 11) is -1.93. The minimum atomic E-state index is -1.93. The van der Waals surface area contributed by atoms with Gasteiger partial charge in [-0.2, -0.15) is 11.8 Å². The van der Waals surface area contributed by atoms with Crippen LogP contribution in [-0.4, -0.2) is 97.5 Å². The van der Waals surface area contributed by atoms with E-state index in [1.54, 1.807) is 6.92 Å². The highest BCUT2D eigenvalue weighted by atomic mass is 32.2. The zero-order valence-corrected chi connectivity index (χ0v) is 53.5. The third-order valence-electron chi connectivity index (χ3n) is 14.7. The van der Waals surface area contributed by atoms with Gasteiger partial charge in [-0.1, -0.05) is 157 Å². The van der Waals surface area contributed by atoms with Gasteiger partial charge >= 0.3 is 0 Å². The Morgan fingerprint density at radius 2 is 0.975 bits per heavy atom. The summed E-state index contributed by atoms with van der Waals surface area (Å²) in [4.78, 5) is 49.0. The molecule has 0 saturated carbocycles. The molecule has 3 saturated heterocycles. The minimum Gasteiger partial charge on any atom is -0.385 e. The monoisotopic (exact) mass is 1130 g/mol. The number of thioether (sulfide) groups is 1. The zero-order chi connectivity index (χ0) is 58.5. The van der Waals surface area contributed by atoms with Gasteiger partial charge in [-0.15, -0.1) is 0 Å². The Bertz CT molecular complexity index is 2110. The van der Waals surface area contributed by atoms with Crippen LogP contribution in [0.3, 0.4) is 0 Å². The Morgan fingerprint density at radius 1 is 0.570 bits per heavy atom. The Morgan fingerprint density at radius 3 is 1.39 bits per heavy atom. The maximum Gasteiger partial charge on any atom is 0.223 e. The number of likely N-dealkylation sites (tertiary alicyclic amines) is 1. The molecule has 79 heavy (non-hydrogen) atoms. The van der Waals surface area contributed by atoms with E-state index in [-0.39, 0.29) is 29.0 Å². The molecule has 12 heteroatoms. The number of nitrogens with zero attached hydrogens (tertiary/aromatic N) is 1. The lowest BCUT2D eigenvalue weighted by atomic mass is 9.92. The average molecular weight is 1130 g/mol. The molecule has 3 aliphatic heterocycles. The summed E-state index contributed by atoms with van der Waals surface area (Å²) in [6.45, 7) is 38.3. The molecule has 5 N–H and O–H groups in total. The number of nitrogens with one attached hydrogen (secondary N) is 5. The molecule has 0 bridgehead atoms. The molecule has 3 heterocycles. The first kappa shape index (κ1) is 69.1. The van der Waals surface area contributed by atoms with Crippen LogP contribution in [-0.2, 0) is 19.2 Å². The van der Waals surface area contributed by atoms with Crippen molar-refractivity contribution in [3.63, 3.8) is 0 Å². The number of allylic oxidation sites excluding steroid dienone is 1. The summed E-state index contributed by atoms with van der Waals surface area (Å²) in [6.07, 6.45) is 15.3. The number of carbonyl (C=O) groups is 4. The summed E-state index contributed by atoms with van der Waals surface area (Å²) in [5.74, 6) is 2.70. The van der Waals surface area contributed by atoms with Crippen LogP contribution in [0.4, 0.5) is 0 Å². The molecule has 0 aromatic heterocycles. The molecule has 3 aromatic carbocycles. The van der Waals surface area contributed by atoms with Gasteiger partial charge in [0.2, 0.25) is 23.6 Å². The van der Waals surface area contributed by atoms with Crippen molar-refractivity contribution in [1.29, 1.82) is 0 Å². The van der Waals surface area contributed by atoms with Gasteiger partial charge < -0.3 is 31.5 Å². The summed E-state index contributed by atoms with van der Waals surface area (Å²) in [5.41, 5.74) is 2.37. The fourth-order valence-electron chi connectivity index (χ4n) is 9.86. The molecule has 6 rings (SSSR count). The lowest BCUT2D eigenvalue weighted by Gasteiger charge is -2.27. The number of rotatable bonds is 22. The average Bonchev–Trinajstić information content (AvgIpc) is 4.02. The van der Waals surface area contributed by atoms with Crippen molar-refractivity contribution >= 4 is 58.6 Å². The van der Waals surface area contributed by atoms with E-state index in [4.69, 9.17) is 0 Å². The first-order valence-electron chi connectivity index (χ1n) is 30.0. The molecule has 3 atom stereocenters. The highest BCUT2D eigenvalue weighted by Gasteiger charge is 2.45. The fourth-order valence-corrected chi connectivity index (χ4v) is 15.8. The Balaban J connectivity index is 0.000000296. The smallest absolute Gasteiger partial charge is 0.223 e. The van der Waals surface area contributed by atoms with Crippen LogP contribution in [0.5, 0.6) is 0 Å². The SMILES string of the molecule is C=C1C[C@H]2CSC(CCCCC(=O)NCCC(C)(C)C)[C@H]2N1.CC(=O)NCCC(C)(C)C.CC(C)(C)CCNC(=O)CCN1CCCCC1.CC(C)(C)CCNC(=O)CC[P+](c1ccccc1)(c1ccccc1)c1ccccc1. The van der Waals surface area contributed by atoms with E-state index < -0.39 is 7.26 Å². The van der Waals surface area contributed by atoms with Crippen molar-refractivity contribution < 1.29 is 19.2 Å². The number of piperidine rings is 1. The number of benzene rings is 3. The van der Waals surface area contributed by atoms with Crippen LogP contribution in [0.1, 0.15) is 180 Å². The van der Waals surface area contributed by atoms with Crippen LogP contribution in [0, 0.1) is 27.6 Å². The number of carbonyl (C=O) groups excluding carboxylic acids is 4. The molecule has 442 valence electrons. The Hall–Kier alpha value is -4.18. The summed E-state index contributed by atoms with van der Waals surface area (Å²) in [5, 5.41) is 20.2. The van der Waals surface area contributed by atoms with Gasteiger partial charge in [0.1, 0.15) is 23.2 Å². The second kappa shape index (κ2) is 35.0. The normalized spacial score (nSPS) is 17.5. The topological polar surface area (TPSA) is 132 Å². The van der Waals surface area contributed by atoms with E-state index in [1.807, 2.05) is 0 Å².